The van der Waals surface area contributed by atoms with Gasteiger partial charge >= 0.3 is 0 Å². The van der Waals surface area contributed by atoms with Crippen molar-refractivity contribution in [1.82, 2.24) is 5.32 Å². The van der Waals surface area contributed by atoms with Gasteiger partial charge in [0.25, 0.3) is 0 Å². The lowest BCUT2D eigenvalue weighted by molar-refractivity contribution is -0.120. The Balaban J connectivity index is 2.33. The number of benzene rings is 1. The molecule has 0 atom stereocenters. The molecule has 0 unspecified atom stereocenters. The Labute approximate surface area is 119 Å². The summed E-state index contributed by atoms with van der Waals surface area (Å²) in [6.45, 7) is 6.66. The molecule has 2 rings (SSSR count). The first kappa shape index (κ1) is 14.2. The van der Waals surface area contributed by atoms with Crippen molar-refractivity contribution in [1.29, 1.82) is 0 Å². The molecule has 1 amide bonds. The first-order chi connectivity index (χ1) is 9.52. The zero-order chi connectivity index (χ0) is 14.7. The third kappa shape index (κ3) is 2.85. The molecule has 0 saturated heterocycles. The number of aryl methyl sites for hydroxylation is 1. The van der Waals surface area contributed by atoms with E-state index >= 15 is 0 Å². The topological polar surface area (TPSA) is 42.2 Å². The van der Waals surface area contributed by atoms with E-state index in [2.05, 4.69) is 38.1 Å². The van der Waals surface area contributed by atoms with Crippen molar-refractivity contribution in [3.63, 3.8) is 0 Å². The highest BCUT2D eigenvalue weighted by molar-refractivity contribution is 5.88. The minimum absolute atomic E-state index is 0.0858. The van der Waals surface area contributed by atoms with Crippen LogP contribution in [0.3, 0.4) is 0 Å². The number of nitrogens with one attached hydrogen (secondary N) is 1. The van der Waals surface area contributed by atoms with Crippen molar-refractivity contribution < 1.29 is 9.21 Å². The van der Waals surface area contributed by atoms with Gasteiger partial charge in [-0.2, -0.15) is 0 Å². The molecule has 3 heteroatoms. The first-order valence-corrected chi connectivity index (χ1v) is 6.73. The SMILES string of the molecule is C#CCNC(=O)Cc1coc2cc(C)c(C(C)C)cc12. The van der Waals surface area contributed by atoms with Gasteiger partial charge < -0.3 is 9.73 Å². The summed E-state index contributed by atoms with van der Waals surface area (Å²) in [5.74, 6) is 2.75. The van der Waals surface area contributed by atoms with Crippen LogP contribution in [0.1, 0.15) is 36.5 Å². The molecule has 3 nitrogen and oxygen atoms in total. The molecule has 0 fully saturated rings. The van der Waals surface area contributed by atoms with E-state index in [-0.39, 0.29) is 18.9 Å². The van der Waals surface area contributed by atoms with Crippen LogP contribution in [0.2, 0.25) is 0 Å². The van der Waals surface area contributed by atoms with Gasteiger partial charge in [-0.3, -0.25) is 4.79 Å². The van der Waals surface area contributed by atoms with Gasteiger partial charge in [0.05, 0.1) is 19.2 Å². The molecule has 104 valence electrons. The third-order valence-corrected chi connectivity index (χ3v) is 3.40. The number of terminal acetylenes is 1. The Kier molecular flexibility index (Phi) is 4.14. The number of carbonyl (C=O) groups is 1. The Bertz CT molecular complexity index is 674. The van der Waals surface area contributed by atoms with Crippen molar-refractivity contribution >= 4 is 16.9 Å². The summed E-state index contributed by atoms with van der Waals surface area (Å²) in [6, 6.07) is 4.16. The maximum absolute atomic E-state index is 11.8. The third-order valence-electron chi connectivity index (χ3n) is 3.40. The molecule has 0 radical (unpaired) electrons. The van der Waals surface area contributed by atoms with Crippen molar-refractivity contribution in [3.8, 4) is 12.3 Å². The van der Waals surface area contributed by atoms with Gasteiger partial charge in [-0.1, -0.05) is 19.8 Å². The molecule has 0 aliphatic carbocycles. The number of furan rings is 1. The molecule has 0 aliphatic heterocycles. The second-order valence-corrected chi connectivity index (χ2v) is 5.28. The Morgan fingerprint density at radius 3 is 2.85 bits per heavy atom. The maximum atomic E-state index is 11.8. The molecule has 1 N–H and O–H groups in total. The van der Waals surface area contributed by atoms with Gasteiger partial charge in [-0.25, -0.2) is 0 Å². The van der Waals surface area contributed by atoms with Crippen LogP contribution in [0.15, 0.2) is 22.8 Å². The summed E-state index contributed by atoms with van der Waals surface area (Å²) in [7, 11) is 0. The summed E-state index contributed by atoms with van der Waals surface area (Å²) < 4.78 is 5.55. The number of fused-ring (bicyclic) bond motifs is 1. The van der Waals surface area contributed by atoms with E-state index in [9.17, 15) is 4.79 Å². The van der Waals surface area contributed by atoms with E-state index in [1.165, 1.54) is 11.1 Å². The second kappa shape index (κ2) is 5.83. The largest absolute Gasteiger partial charge is 0.464 e. The fraction of sp³-hybridized carbons (Fsp3) is 0.353. The van der Waals surface area contributed by atoms with Crippen molar-refractivity contribution in [2.45, 2.75) is 33.1 Å². The highest BCUT2D eigenvalue weighted by Gasteiger charge is 2.13. The normalized spacial score (nSPS) is 10.8. The van der Waals surface area contributed by atoms with E-state index in [0.29, 0.717) is 5.92 Å². The highest BCUT2D eigenvalue weighted by atomic mass is 16.3. The molecule has 2 aromatic rings. The highest BCUT2D eigenvalue weighted by Crippen LogP contribution is 2.29. The van der Waals surface area contributed by atoms with Crippen LogP contribution in [0.4, 0.5) is 0 Å². The fourth-order valence-corrected chi connectivity index (χ4v) is 2.39. The van der Waals surface area contributed by atoms with Crippen LogP contribution in [0.25, 0.3) is 11.0 Å². The summed E-state index contributed by atoms with van der Waals surface area (Å²) in [4.78, 5) is 11.8. The van der Waals surface area contributed by atoms with Gasteiger partial charge in [0, 0.05) is 10.9 Å². The zero-order valence-electron chi connectivity index (χ0n) is 12.1. The summed E-state index contributed by atoms with van der Waals surface area (Å²) in [5, 5.41) is 3.68. The quantitative estimate of drug-likeness (QED) is 0.866. The van der Waals surface area contributed by atoms with E-state index in [4.69, 9.17) is 10.8 Å². The molecule has 0 bridgehead atoms. The summed E-state index contributed by atoms with van der Waals surface area (Å²) in [6.07, 6.45) is 7.07. The summed E-state index contributed by atoms with van der Waals surface area (Å²) in [5.41, 5.74) is 4.22. The first-order valence-electron chi connectivity index (χ1n) is 6.73. The van der Waals surface area contributed by atoms with E-state index < -0.39 is 0 Å². The zero-order valence-corrected chi connectivity index (χ0v) is 12.1. The smallest absolute Gasteiger partial charge is 0.225 e. The van der Waals surface area contributed by atoms with Gasteiger partial charge in [0.2, 0.25) is 5.91 Å². The van der Waals surface area contributed by atoms with Gasteiger partial charge in [-0.05, 0) is 36.1 Å². The second-order valence-electron chi connectivity index (χ2n) is 5.28. The molecular formula is C17H19NO2. The Hall–Kier alpha value is -2.21. The molecule has 1 aromatic carbocycles. The minimum Gasteiger partial charge on any atom is -0.464 e. The Morgan fingerprint density at radius 1 is 1.45 bits per heavy atom. The molecule has 1 aromatic heterocycles. The average molecular weight is 269 g/mol. The van der Waals surface area contributed by atoms with Gasteiger partial charge in [0.1, 0.15) is 5.58 Å². The van der Waals surface area contributed by atoms with Crippen molar-refractivity contribution in [2.24, 2.45) is 0 Å². The van der Waals surface area contributed by atoms with Crippen molar-refractivity contribution in [2.75, 3.05) is 6.54 Å². The molecular weight excluding hydrogens is 250 g/mol. The number of amides is 1. The predicted octanol–water partition coefficient (Wildman–Crippen LogP) is 3.16. The van der Waals surface area contributed by atoms with Gasteiger partial charge in [-0.15, -0.1) is 6.42 Å². The summed E-state index contributed by atoms with van der Waals surface area (Å²) >= 11 is 0. The van der Waals surface area contributed by atoms with Crippen LogP contribution in [-0.2, 0) is 11.2 Å². The number of carbonyl (C=O) groups excluding carboxylic acids is 1. The van der Waals surface area contributed by atoms with Crippen LogP contribution in [0, 0.1) is 19.3 Å². The lowest BCUT2D eigenvalue weighted by Crippen LogP contribution is -2.25. The van der Waals surface area contributed by atoms with Crippen molar-refractivity contribution in [3.05, 3.63) is 35.1 Å². The van der Waals surface area contributed by atoms with Crippen LogP contribution >= 0.6 is 0 Å². The standard InChI is InChI=1S/C17H19NO2/c1-5-6-18-17(19)8-13-10-20-16-7-12(4)14(11(2)3)9-15(13)16/h1,7,9-11H,6,8H2,2-4H3,(H,18,19). The molecule has 0 saturated carbocycles. The molecule has 0 spiro atoms. The minimum atomic E-state index is -0.0858. The number of hydrogen-bond donors (Lipinski definition) is 1. The predicted molar refractivity (Wildman–Crippen MR) is 80.6 cm³/mol. The lowest BCUT2D eigenvalue weighted by atomic mass is 9.95. The number of rotatable bonds is 4. The van der Waals surface area contributed by atoms with Crippen LogP contribution in [-0.4, -0.2) is 12.5 Å². The molecule has 1 heterocycles. The number of hydrogen-bond acceptors (Lipinski definition) is 2. The Morgan fingerprint density at radius 2 is 2.20 bits per heavy atom. The average Bonchev–Trinajstić information content (AvgIpc) is 2.77. The fourth-order valence-electron chi connectivity index (χ4n) is 2.39. The van der Waals surface area contributed by atoms with E-state index in [1.807, 2.05) is 6.07 Å². The maximum Gasteiger partial charge on any atom is 0.225 e. The van der Waals surface area contributed by atoms with Crippen LogP contribution < -0.4 is 5.32 Å². The molecule has 20 heavy (non-hydrogen) atoms. The monoisotopic (exact) mass is 269 g/mol. The lowest BCUT2D eigenvalue weighted by Gasteiger charge is -2.09. The molecule has 0 aliphatic rings. The van der Waals surface area contributed by atoms with Gasteiger partial charge in [0.15, 0.2) is 0 Å². The van der Waals surface area contributed by atoms with Crippen LogP contribution in [0.5, 0.6) is 0 Å². The van der Waals surface area contributed by atoms with E-state index in [0.717, 1.165) is 16.5 Å². The van der Waals surface area contributed by atoms with E-state index in [1.54, 1.807) is 6.26 Å².